The second-order valence-corrected chi connectivity index (χ2v) is 12.0. The van der Waals surface area contributed by atoms with E-state index in [4.69, 9.17) is 4.98 Å². The number of H-pyrrole nitrogens is 1. The number of aryl methyl sites for hydroxylation is 1. The van der Waals surface area contributed by atoms with E-state index >= 15 is 0 Å². The highest BCUT2D eigenvalue weighted by Crippen LogP contribution is 2.32. The molecule has 0 radical (unpaired) electrons. The summed E-state index contributed by atoms with van der Waals surface area (Å²) in [5.74, 6) is 2.93. The Labute approximate surface area is 270 Å². The Morgan fingerprint density at radius 2 is 1.37 bits per heavy atom. The molecular formula is C38H40N8. The van der Waals surface area contributed by atoms with Gasteiger partial charge in [0.2, 0.25) is 5.82 Å². The smallest absolute Gasteiger partial charge is 0.205 e. The molecule has 46 heavy (non-hydrogen) atoms. The van der Waals surface area contributed by atoms with Crippen LogP contribution in [0.2, 0.25) is 0 Å². The van der Waals surface area contributed by atoms with Crippen molar-refractivity contribution in [2.75, 3.05) is 24.7 Å². The van der Waals surface area contributed by atoms with Crippen LogP contribution in [0.15, 0.2) is 109 Å². The molecule has 0 bridgehead atoms. The van der Waals surface area contributed by atoms with Crippen molar-refractivity contribution in [2.45, 2.75) is 45.7 Å². The average molecular weight is 609 g/mol. The fourth-order valence-electron chi connectivity index (χ4n) is 6.45. The highest BCUT2D eigenvalue weighted by molar-refractivity contribution is 5.80. The standard InChI is InChI=1S/C38H40N8/c1-2-11-36-39-38-35(27-44(24-22-29-12-5-3-6-13-29)28-45(38)25-23-30-14-7-4-8-15-30)46(36)26-31-18-20-32(21-19-31)33-16-9-10-17-34(33)37-40-42-43-41-37/h3-10,12-21H,2,11,22-28H2,1H3,(H,40,41,42,43). The first-order valence-electron chi connectivity index (χ1n) is 16.3. The predicted octanol–water partition coefficient (Wildman–Crippen LogP) is 6.80. The normalized spacial score (nSPS) is 13.2. The van der Waals surface area contributed by atoms with Crippen molar-refractivity contribution >= 4 is 5.82 Å². The number of imidazole rings is 1. The van der Waals surface area contributed by atoms with Crippen LogP contribution in [0.4, 0.5) is 5.82 Å². The lowest BCUT2D eigenvalue weighted by Crippen LogP contribution is -2.44. The molecule has 0 spiro atoms. The van der Waals surface area contributed by atoms with Gasteiger partial charge in [0.25, 0.3) is 0 Å². The molecule has 232 valence electrons. The second kappa shape index (κ2) is 13.9. The van der Waals surface area contributed by atoms with Gasteiger partial charge in [-0.1, -0.05) is 116 Å². The Balaban J connectivity index is 1.17. The van der Waals surface area contributed by atoms with Crippen LogP contribution in [-0.2, 0) is 32.4 Å². The van der Waals surface area contributed by atoms with Gasteiger partial charge in [-0.2, -0.15) is 5.21 Å². The van der Waals surface area contributed by atoms with Crippen LogP contribution < -0.4 is 4.90 Å². The lowest BCUT2D eigenvalue weighted by molar-refractivity contribution is 0.247. The molecule has 0 saturated carbocycles. The van der Waals surface area contributed by atoms with Gasteiger partial charge in [-0.05, 0) is 52.3 Å². The summed E-state index contributed by atoms with van der Waals surface area (Å²) in [6, 6.07) is 38.7. The number of hydrogen-bond donors (Lipinski definition) is 1. The number of anilines is 1. The third-order valence-corrected chi connectivity index (χ3v) is 8.84. The first-order valence-corrected chi connectivity index (χ1v) is 16.3. The summed E-state index contributed by atoms with van der Waals surface area (Å²) in [4.78, 5) is 10.4. The molecule has 2 aromatic heterocycles. The van der Waals surface area contributed by atoms with Crippen molar-refractivity contribution in [3.8, 4) is 22.5 Å². The van der Waals surface area contributed by atoms with E-state index in [-0.39, 0.29) is 0 Å². The van der Waals surface area contributed by atoms with Gasteiger partial charge in [-0.15, -0.1) is 10.2 Å². The van der Waals surface area contributed by atoms with E-state index in [2.05, 4.69) is 139 Å². The Morgan fingerprint density at radius 1 is 0.696 bits per heavy atom. The van der Waals surface area contributed by atoms with Crippen LogP contribution in [0.5, 0.6) is 0 Å². The zero-order valence-electron chi connectivity index (χ0n) is 26.4. The number of tetrazole rings is 1. The fourth-order valence-corrected chi connectivity index (χ4v) is 6.45. The maximum atomic E-state index is 5.33. The van der Waals surface area contributed by atoms with Gasteiger partial charge in [-0.3, -0.25) is 4.90 Å². The largest absolute Gasteiger partial charge is 0.342 e. The number of rotatable bonds is 12. The lowest BCUT2D eigenvalue weighted by atomic mass is 9.98. The molecule has 8 heteroatoms. The van der Waals surface area contributed by atoms with Crippen molar-refractivity contribution in [3.05, 3.63) is 137 Å². The van der Waals surface area contributed by atoms with Gasteiger partial charge in [0.05, 0.1) is 12.4 Å². The summed E-state index contributed by atoms with van der Waals surface area (Å²) in [6.07, 6.45) is 4.05. The highest BCUT2D eigenvalue weighted by atomic mass is 15.5. The van der Waals surface area contributed by atoms with Crippen LogP contribution >= 0.6 is 0 Å². The number of benzene rings is 4. The zero-order valence-corrected chi connectivity index (χ0v) is 26.4. The summed E-state index contributed by atoms with van der Waals surface area (Å²) in [5, 5.41) is 14.8. The van der Waals surface area contributed by atoms with Gasteiger partial charge >= 0.3 is 0 Å². The van der Waals surface area contributed by atoms with Gasteiger partial charge in [0.15, 0.2) is 5.82 Å². The molecule has 4 aromatic carbocycles. The summed E-state index contributed by atoms with van der Waals surface area (Å²) in [6.45, 7) is 6.78. The minimum Gasteiger partial charge on any atom is -0.342 e. The number of hydrogen-bond acceptors (Lipinski definition) is 6. The maximum Gasteiger partial charge on any atom is 0.205 e. The monoisotopic (exact) mass is 608 g/mol. The Kier molecular flexibility index (Phi) is 8.96. The third-order valence-electron chi connectivity index (χ3n) is 8.84. The van der Waals surface area contributed by atoms with Gasteiger partial charge in [0, 0.05) is 38.2 Å². The van der Waals surface area contributed by atoms with Gasteiger partial charge < -0.3 is 9.47 Å². The van der Waals surface area contributed by atoms with Crippen molar-refractivity contribution in [2.24, 2.45) is 0 Å². The number of nitrogens with zero attached hydrogens (tertiary/aromatic N) is 7. The molecule has 6 aromatic rings. The van der Waals surface area contributed by atoms with Crippen molar-refractivity contribution in [3.63, 3.8) is 0 Å². The molecule has 1 N–H and O–H groups in total. The third kappa shape index (κ3) is 6.62. The Bertz CT molecular complexity index is 1830. The average Bonchev–Trinajstić information content (AvgIpc) is 3.77. The maximum absolute atomic E-state index is 5.33. The van der Waals surface area contributed by atoms with E-state index in [1.807, 2.05) is 12.1 Å². The highest BCUT2D eigenvalue weighted by Gasteiger charge is 2.29. The molecule has 0 unspecified atom stereocenters. The Morgan fingerprint density at radius 3 is 2.04 bits per heavy atom. The SMILES string of the molecule is CCCc1nc2c(n1Cc1ccc(-c3ccccc3-c3nn[nH]n3)cc1)CN(CCc1ccccc1)CN2CCc1ccccc1. The molecule has 0 fully saturated rings. The minimum atomic E-state index is 0.600. The van der Waals surface area contributed by atoms with Gasteiger partial charge in [-0.25, -0.2) is 4.98 Å². The number of aromatic amines is 1. The van der Waals surface area contributed by atoms with Crippen LogP contribution in [0.3, 0.4) is 0 Å². The van der Waals surface area contributed by atoms with E-state index < -0.39 is 0 Å². The van der Waals surface area contributed by atoms with Crippen molar-refractivity contribution in [1.82, 2.24) is 35.1 Å². The number of fused-ring (bicyclic) bond motifs is 1. The molecule has 0 saturated heterocycles. The van der Waals surface area contributed by atoms with Crippen LogP contribution in [-0.4, -0.2) is 54.8 Å². The molecule has 7 rings (SSSR count). The molecule has 0 atom stereocenters. The quantitative estimate of drug-likeness (QED) is 0.165. The van der Waals surface area contributed by atoms with E-state index in [1.54, 1.807) is 0 Å². The molecule has 8 nitrogen and oxygen atoms in total. The van der Waals surface area contributed by atoms with Crippen LogP contribution in [0.1, 0.15) is 41.6 Å². The zero-order chi connectivity index (χ0) is 31.1. The molecule has 0 amide bonds. The minimum absolute atomic E-state index is 0.600. The van der Waals surface area contributed by atoms with Crippen molar-refractivity contribution < 1.29 is 0 Å². The lowest BCUT2D eigenvalue weighted by Gasteiger charge is -2.36. The molecule has 3 heterocycles. The predicted molar refractivity (Wildman–Crippen MR) is 183 cm³/mol. The van der Waals surface area contributed by atoms with Crippen molar-refractivity contribution in [1.29, 1.82) is 0 Å². The number of aromatic nitrogens is 6. The second-order valence-electron chi connectivity index (χ2n) is 12.0. The van der Waals surface area contributed by atoms with E-state index in [9.17, 15) is 0 Å². The summed E-state index contributed by atoms with van der Waals surface area (Å²) < 4.78 is 2.49. The summed E-state index contributed by atoms with van der Waals surface area (Å²) in [7, 11) is 0. The van der Waals surface area contributed by atoms with Crippen LogP contribution in [0.25, 0.3) is 22.5 Å². The molecule has 0 aliphatic carbocycles. The first kappa shape index (κ1) is 29.6. The molecular weight excluding hydrogens is 568 g/mol. The van der Waals surface area contributed by atoms with E-state index in [1.165, 1.54) is 28.2 Å². The molecule has 1 aliphatic heterocycles. The number of nitrogens with one attached hydrogen (secondary N) is 1. The van der Waals surface area contributed by atoms with Crippen LogP contribution in [0, 0.1) is 0 Å². The summed E-state index contributed by atoms with van der Waals surface area (Å²) in [5.41, 5.74) is 8.50. The van der Waals surface area contributed by atoms with Gasteiger partial charge in [0.1, 0.15) is 5.82 Å². The van der Waals surface area contributed by atoms with E-state index in [0.717, 1.165) is 81.0 Å². The summed E-state index contributed by atoms with van der Waals surface area (Å²) >= 11 is 0. The molecule has 1 aliphatic rings. The fraction of sp³-hybridized carbons (Fsp3) is 0.263. The van der Waals surface area contributed by atoms with E-state index in [0.29, 0.717) is 5.82 Å². The first-order chi connectivity index (χ1) is 22.7. The Hall–Kier alpha value is -5.08. The topological polar surface area (TPSA) is 78.8 Å².